The highest BCUT2D eigenvalue weighted by molar-refractivity contribution is 7.19. The van der Waals surface area contributed by atoms with Crippen LogP contribution in [0.1, 0.15) is 48.0 Å². The van der Waals surface area contributed by atoms with Gasteiger partial charge in [-0.1, -0.05) is 24.2 Å². The first-order valence-corrected chi connectivity index (χ1v) is 10.7. The summed E-state index contributed by atoms with van der Waals surface area (Å²) in [6, 6.07) is 5.59. The fourth-order valence-electron chi connectivity index (χ4n) is 3.86. The number of hydrogen-bond donors (Lipinski definition) is 2. The van der Waals surface area contributed by atoms with Crippen LogP contribution in [0.5, 0.6) is 11.5 Å². The lowest BCUT2D eigenvalue weighted by atomic mass is 10.1. The Balaban J connectivity index is 1.86. The number of aryl methyl sites for hydroxylation is 1. The van der Waals surface area contributed by atoms with E-state index in [1.54, 1.807) is 19.1 Å². The molecule has 0 bridgehead atoms. The second-order valence-electron chi connectivity index (χ2n) is 7.18. The molecule has 7 nitrogen and oxygen atoms in total. The zero-order valence-electron chi connectivity index (χ0n) is 16.8. The van der Waals surface area contributed by atoms with Gasteiger partial charge in [0.1, 0.15) is 16.4 Å². The van der Waals surface area contributed by atoms with Crippen molar-refractivity contribution < 1.29 is 19.4 Å². The van der Waals surface area contributed by atoms with E-state index in [1.165, 1.54) is 31.3 Å². The van der Waals surface area contributed by atoms with E-state index in [0.717, 1.165) is 40.6 Å². The number of rotatable bonds is 6. The summed E-state index contributed by atoms with van der Waals surface area (Å²) in [5.41, 5.74) is 2.43. The van der Waals surface area contributed by atoms with Gasteiger partial charge in [-0.25, -0.2) is 9.78 Å². The molecule has 0 aliphatic heterocycles. The molecule has 0 unspecified atom stereocenters. The van der Waals surface area contributed by atoms with Crippen LogP contribution in [0.25, 0.3) is 16.2 Å². The van der Waals surface area contributed by atoms with Crippen LogP contribution < -0.4 is 10.1 Å². The van der Waals surface area contributed by atoms with Gasteiger partial charge in [0.2, 0.25) is 0 Å². The van der Waals surface area contributed by atoms with E-state index >= 15 is 0 Å². The number of phenols is 1. The Labute approximate surface area is 173 Å². The van der Waals surface area contributed by atoms with Crippen LogP contribution in [-0.4, -0.2) is 40.2 Å². The van der Waals surface area contributed by atoms with E-state index in [-0.39, 0.29) is 11.7 Å². The van der Waals surface area contributed by atoms with Gasteiger partial charge in [-0.2, -0.15) is 0 Å². The van der Waals surface area contributed by atoms with Crippen LogP contribution >= 0.6 is 11.3 Å². The highest BCUT2D eigenvalue weighted by Gasteiger charge is 2.26. The largest absolute Gasteiger partial charge is 0.504 e. The van der Waals surface area contributed by atoms with Gasteiger partial charge in [-0.3, -0.25) is 4.40 Å². The number of fused-ring (bicyclic) bond motifs is 1. The van der Waals surface area contributed by atoms with Gasteiger partial charge in [-0.15, -0.1) is 0 Å². The Hall–Kier alpha value is -2.74. The van der Waals surface area contributed by atoms with Crippen LogP contribution in [0, 0.1) is 6.92 Å². The standard InChI is InChI=1S/C21H25N3O4S/c1-4-28-20(26)18-12(2)24-19(22-14-7-5-6-8-14)17(23-21(24)29-18)13-9-10-15(25)16(11-13)27-3/h9-11,14,22,25H,4-8H2,1-3H3. The first-order chi connectivity index (χ1) is 14.0. The lowest BCUT2D eigenvalue weighted by Crippen LogP contribution is -2.17. The number of phenolic OH excluding ortho intramolecular Hbond substituents is 1. The number of benzene rings is 1. The fraction of sp³-hybridized carbons (Fsp3) is 0.429. The molecule has 2 N–H and O–H groups in total. The number of aromatic nitrogens is 2. The van der Waals surface area contributed by atoms with Gasteiger partial charge in [0.05, 0.1) is 13.7 Å². The van der Waals surface area contributed by atoms with Crippen molar-refractivity contribution in [3.63, 3.8) is 0 Å². The van der Waals surface area contributed by atoms with Gasteiger partial charge in [0, 0.05) is 17.3 Å². The van der Waals surface area contributed by atoms with Crippen molar-refractivity contribution in [2.75, 3.05) is 19.0 Å². The summed E-state index contributed by atoms with van der Waals surface area (Å²) in [7, 11) is 1.53. The minimum Gasteiger partial charge on any atom is -0.504 e. The van der Waals surface area contributed by atoms with E-state index < -0.39 is 0 Å². The number of imidazole rings is 1. The lowest BCUT2D eigenvalue weighted by molar-refractivity contribution is 0.0531. The number of esters is 1. The van der Waals surface area contributed by atoms with E-state index in [1.807, 2.05) is 17.4 Å². The molecule has 0 radical (unpaired) electrons. The number of nitrogens with zero attached hydrogens (tertiary/aromatic N) is 2. The second-order valence-corrected chi connectivity index (χ2v) is 8.15. The van der Waals surface area contributed by atoms with Crippen molar-refractivity contribution in [2.45, 2.75) is 45.6 Å². The Kier molecular flexibility index (Phi) is 5.36. The van der Waals surface area contributed by atoms with Crippen LogP contribution in [-0.2, 0) is 4.74 Å². The average molecular weight is 416 g/mol. The normalized spacial score (nSPS) is 14.4. The summed E-state index contributed by atoms with van der Waals surface area (Å²) in [5.74, 6) is 1.03. The summed E-state index contributed by atoms with van der Waals surface area (Å²) in [4.78, 5) is 18.5. The topological polar surface area (TPSA) is 85.1 Å². The minimum absolute atomic E-state index is 0.0864. The molecule has 1 aliphatic rings. The SMILES string of the molecule is CCOC(=O)c1sc2nc(-c3ccc(O)c(OC)c3)c(NC3CCCC3)n2c1C. The summed E-state index contributed by atoms with van der Waals surface area (Å²) < 4.78 is 12.5. The number of methoxy groups -OCH3 is 1. The van der Waals surface area contributed by atoms with E-state index in [9.17, 15) is 9.90 Å². The molecule has 2 heterocycles. The third-order valence-electron chi connectivity index (χ3n) is 5.31. The number of ether oxygens (including phenoxy) is 2. The Bertz CT molecular complexity index is 1050. The molecule has 1 saturated carbocycles. The van der Waals surface area contributed by atoms with Crippen molar-refractivity contribution in [3.05, 3.63) is 28.8 Å². The van der Waals surface area contributed by atoms with Crippen LogP contribution in [0.2, 0.25) is 0 Å². The molecule has 3 aromatic rings. The maximum Gasteiger partial charge on any atom is 0.350 e. The molecule has 0 atom stereocenters. The number of thiazole rings is 1. The van der Waals surface area contributed by atoms with Crippen LogP contribution in [0.15, 0.2) is 18.2 Å². The van der Waals surface area contributed by atoms with Crippen molar-refractivity contribution in [1.29, 1.82) is 0 Å². The van der Waals surface area contributed by atoms with Crippen molar-refractivity contribution in [1.82, 2.24) is 9.38 Å². The molecular weight excluding hydrogens is 390 g/mol. The maximum atomic E-state index is 12.3. The molecular formula is C21H25N3O4S. The van der Waals surface area contributed by atoms with Crippen LogP contribution in [0.4, 0.5) is 5.82 Å². The average Bonchev–Trinajstić information content (AvgIpc) is 3.41. The zero-order valence-corrected chi connectivity index (χ0v) is 17.6. The van der Waals surface area contributed by atoms with E-state index in [2.05, 4.69) is 5.32 Å². The monoisotopic (exact) mass is 415 g/mol. The predicted molar refractivity (Wildman–Crippen MR) is 113 cm³/mol. The summed E-state index contributed by atoms with van der Waals surface area (Å²) >= 11 is 1.33. The number of nitrogens with one attached hydrogen (secondary N) is 1. The molecule has 1 aromatic carbocycles. The van der Waals surface area contributed by atoms with Crippen molar-refractivity contribution in [2.24, 2.45) is 0 Å². The third-order valence-corrected chi connectivity index (χ3v) is 6.44. The molecule has 0 spiro atoms. The predicted octanol–water partition coefficient (Wildman–Crippen LogP) is 4.62. The Morgan fingerprint density at radius 3 is 2.83 bits per heavy atom. The van der Waals surface area contributed by atoms with E-state index in [4.69, 9.17) is 14.5 Å². The van der Waals surface area contributed by atoms with Gasteiger partial charge in [-0.05, 0) is 44.9 Å². The molecule has 8 heteroatoms. The molecule has 0 saturated heterocycles. The quantitative estimate of drug-likeness (QED) is 0.572. The summed E-state index contributed by atoms with van der Waals surface area (Å²) in [5, 5.41) is 13.6. The molecule has 2 aromatic heterocycles. The smallest absolute Gasteiger partial charge is 0.350 e. The first kappa shape index (κ1) is 19.6. The number of carbonyl (C=O) groups is 1. The van der Waals surface area contributed by atoms with Crippen molar-refractivity contribution in [3.8, 4) is 22.8 Å². The fourth-order valence-corrected chi connectivity index (χ4v) is 4.88. The minimum atomic E-state index is -0.319. The molecule has 29 heavy (non-hydrogen) atoms. The van der Waals surface area contributed by atoms with Gasteiger partial charge < -0.3 is 19.9 Å². The molecule has 4 rings (SSSR count). The molecule has 1 aliphatic carbocycles. The molecule has 154 valence electrons. The Morgan fingerprint density at radius 1 is 1.38 bits per heavy atom. The van der Waals surface area contributed by atoms with E-state index in [0.29, 0.717) is 23.3 Å². The number of carbonyl (C=O) groups excluding carboxylic acids is 1. The highest BCUT2D eigenvalue weighted by atomic mass is 32.1. The highest BCUT2D eigenvalue weighted by Crippen LogP contribution is 2.39. The molecule has 0 amide bonds. The van der Waals surface area contributed by atoms with Gasteiger partial charge >= 0.3 is 5.97 Å². The first-order valence-electron chi connectivity index (χ1n) is 9.86. The third kappa shape index (κ3) is 3.53. The van der Waals surface area contributed by atoms with Crippen molar-refractivity contribution >= 4 is 28.1 Å². The Morgan fingerprint density at radius 2 is 2.14 bits per heavy atom. The maximum absolute atomic E-state index is 12.3. The zero-order chi connectivity index (χ0) is 20.5. The van der Waals surface area contributed by atoms with Crippen LogP contribution in [0.3, 0.4) is 0 Å². The summed E-state index contributed by atoms with van der Waals surface area (Å²) in [6.45, 7) is 4.05. The second kappa shape index (κ2) is 7.94. The summed E-state index contributed by atoms with van der Waals surface area (Å²) in [6.07, 6.45) is 4.64. The number of aromatic hydroxyl groups is 1. The number of hydrogen-bond acceptors (Lipinski definition) is 7. The lowest BCUT2D eigenvalue weighted by Gasteiger charge is -2.15. The van der Waals surface area contributed by atoms with Gasteiger partial charge in [0.25, 0.3) is 0 Å². The van der Waals surface area contributed by atoms with Gasteiger partial charge in [0.15, 0.2) is 16.5 Å². The number of anilines is 1. The molecule has 1 fully saturated rings.